The van der Waals surface area contributed by atoms with Crippen molar-refractivity contribution >= 4 is 29.5 Å². The topological polar surface area (TPSA) is 135 Å². The van der Waals surface area contributed by atoms with E-state index in [0.717, 1.165) is 4.57 Å². The third-order valence-corrected chi connectivity index (χ3v) is 4.22. The summed E-state index contributed by atoms with van der Waals surface area (Å²) >= 11 is 0. The van der Waals surface area contributed by atoms with Gasteiger partial charge in [-0.1, -0.05) is 6.07 Å². The Morgan fingerprint density at radius 2 is 1.80 bits per heavy atom. The normalized spacial score (nSPS) is 10.8. The molecule has 1 amide bonds. The molecule has 2 aromatic rings. The van der Waals surface area contributed by atoms with Crippen LogP contribution in [0.2, 0.25) is 0 Å². The van der Waals surface area contributed by atoms with E-state index in [4.69, 9.17) is 15.2 Å². The summed E-state index contributed by atoms with van der Waals surface area (Å²) < 4.78 is 12.4. The molecule has 0 aliphatic carbocycles. The predicted molar refractivity (Wildman–Crippen MR) is 113 cm³/mol. The van der Waals surface area contributed by atoms with Gasteiger partial charge < -0.3 is 20.5 Å². The van der Waals surface area contributed by atoms with Gasteiger partial charge in [-0.2, -0.15) is 0 Å². The summed E-state index contributed by atoms with van der Waals surface area (Å²) in [5.74, 6) is -0.629. The minimum absolute atomic E-state index is 0.105. The molecular weight excluding hydrogens is 392 g/mol. The standard InChI is InChI=1S/C20H24N4O6/c1-5-23-18(21)17(19(27)24(6-2)20(23)28)22-16(26)10-8-13-7-9-14(30-12(3)25)15(11-13)29-4/h7-11H,5-6,21H2,1-4H3,(H,22,26)/b10-8+. The third-order valence-electron chi connectivity index (χ3n) is 4.22. The van der Waals surface area contributed by atoms with Gasteiger partial charge in [0.05, 0.1) is 7.11 Å². The van der Waals surface area contributed by atoms with Crippen molar-refractivity contribution in [2.45, 2.75) is 33.9 Å². The molecular formula is C20H24N4O6. The molecule has 160 valence electrons. The molecule has 0 atom stereocenters. The van der Waals surface area contributed by atoms with E-state index in [9.17, 15) is 19.2 Å². The minimum Gasteiger partial charge on any atom is -0.493 e. The van der Waals surface area contributed by atoms with E-state index in [0.29, 0.717) is 11.3 Å². The fourth-order valence-corrected chi connectivity index (χ4v) is 2.78. The lowest BCUT2D eigenvalue weighted by Crippen LogP contribution is -2.42. The molecule has 0 radical (unpaired) electrons. The van der Waals surface area contributed by atoms with Gasteiger partial charge in [0.15, 0.2) is 11.5 Å². The van der Waals surface area contributed by atoms with Crippen LogP contribution in [0.15, 0.2) is 33.9 Å². The second kappa shape index (κ2) is 9.59. The Labute approximate surface area is 172 Å². The number of hydrogen-bond donors (Lipinski definition) is 2. The van der Waals surface area contributed by atoms with E-state index >= 15 is 0 Å². The summed E-state index contributed by atoms with van der Waals surface area (Å²) in [5, 5.41) is 2.45. The third kappa shape index (κ3) is 4.77. The number of nitrogens with zero attached hydrogens (tertiary/aromatic N) is 2. The molecule has 10 nitrogen and oxygen atoms in total. The Hall–Kier alpha value is -3.82. The van der Waals surface area contributed by atoms with Gasteiger partial charge in [0, 0.05) is 26.1 Å². The predicted octanol–water partition coefficient (Wildman–Crippen LogP) is 1.22. The quantitative estimate of drug-likeness (QED) is 0.394. The molecule has 1 heterocycles. The molecule has 0 aliphatic heterocycles. The number of nitrogen functional groups attached to an aromatic ring is 1. The summed E-state index contributed by atoms with van der Waals surface area (Å²) in [6.07, 6.45) is 2.69. The molecule has 0 bridgehead atoms. The highest BCUT2D eigenvalue weighted by molar-refractivity contribution is 6.03. The maximum atomic E-state index is 12.5. The number of anilines is 2. The van der Waals surface area contributed by atoms with E-state index in [1.807, 2.05) is 0 Å². The second-order valence-corrected chi connectivity index (χ2v) is 6.16. The minimum atomic E-state index is -0.668. The van der Waals surface area contributed by atoms with Crippen molar-refractivity contribution in [3.63, 3.8) is 0 Å². The first kappa shape index (κ1) is 22.5. The van der Waals surface area contributed by atoms with Crippen molar-refractivity contribution in [1.82, 2.24) is 9.13 Å². The first-order valence-corrected chi connectivity index (χ1v) is 9.22. The lowest BCUT2D eigenvalue weighted by molar-refractivity contribution is -0.132. The molecule has 0 fully saturated rings. The number of hydrogen-bond acceptors (Lipinski definition) is 7. The zero-order valence-corrected chi connectivity index (χ0v) is 17.2. The monoisotopic (exact) mass is 416 g/mol. The SMILES string of the molecule is CCn1c(N)c(NC(=O)/C=C/c2ccc(OC(C)=O)c(OC)c2)c(=O)n(CC)c1=O. The first-order valence-electron chi connectivity index (χ1n) is 9.22. The van der Waals surface area contributed by atoms with Crippen LogP contribution in [0.1, 0.15) is 26.3 Å². The maximum absolute atomic E-state index is 12.5. The molecule has 10 heteroatoms. The number of ether oxygens (including phenoxy) is 2. The molecule has 0 spiro atoms. The van der Waals surface area contributed by atoms with E-state index in [-0.39, 0.29) is 30.3 Å². The van der Waals surface area contributed by atoms with Crippen molar-refractivity contribution < 1.29 is 19.1 Å². The van der Waals surface area contributed by atoms with Gasteiger partial charge in [-0.3, -0.25) is 23.5 Å². The Balaban J connectivity index is 2.30. The highest BCUT2D eigenvalue weighted by Gasteiger charge is 2.17. The number of amides is 1. The van der Waals surface area contributed by atoms with Crippen molar-refractivity contribution in [3.8, 4) is 11.5 Å². The van der Waals surface area contributed by atoms with Crippen LogP contribution >= 0.6 is 0 Å². The average Bonchev–Trinajstić information content (AvgIpc) is 2.70. The van der Waals surface area contributed by atoms with Gasteiger partial charge in [-0.25, -0.2) is 4.79 Å². The van der Waals surface area contributed by atoms with Crippen LogP contribution in [0.3, 0.4) is 0 Å². The maximum Gasteiger partial charge on any atom is 0.332 e. The number of benzene rings is 1. The largest absolute Gasteiger partial charge is 0.493 e. The second-order valence-electron chi connectivity index (χ2n) is 6.16. The molecule has 3 N–H and O–H groups in total. The van der Waals surface area contributed by atoms with Crippen molar-refractivity contribution in [2.75, 3.05) is 18.2 Å². The highest BCUT2D eigenvalue weighted by atomic mass is 16.6. The molecule has 0 saturated carbocycles. The zero-order chi connectivity index (χ0) is 22.4. The Bertz CT molecular complexity index is 1110. The number of methoxy groups -OCH3 is 1. The van der Waals surface area contributed by atoms with Crippen molar-refractivity contribution in [1.29, 1.82) is 0 Å². The molecule has 1 aromatic heterocycles. The number of rotatable bonds is 7. The molecule has 0 unspecified atom stereocenters. The van der Waals surface area contributed by atoms with Gasteiger partial charge in [0.1, 0.15) is 11.5 Å². The van der Waals surface area contributed by atoms with E-state index in [1.165, 1.54) is 36.8 Å². The smallest absolute Gasteiger partial charge is 0.332 e. The lowest BCUT2D eigenvalue weighted by Gasteiger charge is -2.14. The van der Waals surface area contributed by atoms with Crippen LogP contribution in [-0.4, -0.2) is 28.1 Å². The Morgan fingerprint density at radius 3 is 2.37 bits per heavy atom. The molecule has 2 rings (SSSR count). The molecule has 1 aromatic carbocycles. The number of esters is 1. The van der Waals surface area contributed by atoms with Crippen LogP contribution in [0.4, 0.5) is 11.5 Å². The first-order chi connectivity index (χ1) is 14.2. The van der Waals surface area contributed by atoms with E-state index in [2.05, 4.69) is 5.32 Å². The number of carbonyl (C=O) groups excluding carboxylic acids is 2. The van der Waals surface area contributed by atoms with Gasteiger partial charge in [-0.05, 0) is 37.6 Å². The number of nitrogens with two attached hydrogens (primary N) is 1. The fourth-order valence-electron chi connectivity index (χ4n) is 2.78. The van der Waals surface area contributed by atoms with E-state index < -0.39 is 23.1 Å². The zero-order valence-electron chi connectivity index (χ0n) is 17.2. The van der Waals surface area contributed by atoms with Crippen molar-refractivity contribution in [2.24, 2.45) is 0 Å². The van der Waals surface area contributed by atoms with Crippen molar-refractivity contribution in [3.05, 3.63) is 50.7 Å². The van der Waals surface area contributed by atoms with Crippen LogP contribution in [0, 0.1) is 0 Å². The molecule has 0 saturated heterocycles. The fraction of sp³-hybridized carbons (Fsp3) is 0.300. The summed E-state index contributed by atoms with van der Waals surface area (Å²) in [6, 6.07) is 4.74. The van der Waals surface area contributed by atoms with Crippen LogP contribution in [0.5, 0.6) is 11.5 Å². The Kier molecular flexibility index (Phi) is 7.18. The van der Waals surface area contributed by atoms with Gasteiger partial charge in [0.2, 0.25) is 5.91 Å². The Morgan fingerprint density at radius 1 is 1.13 bits per heavy atom. The van der Waals surface area contributed by atoms with Crippen LogP contribution in [0.25, 0.3) is 6.08 Å². The summed E-state index contributed by atoms with van der Waals surface area (Å²) in [6.45, 7) is 5.03. The summed E-state index contributed by atoms with van der Waals surface area (Å²) in [7, 11) is 1.42. The van der Waals surface area contributed by atoms with Crippen LogP contribution in [-0.2, 0) is 22.7 Å². The van der Waals surface area contributed by atoms with Crippen LogP contribution < -0.4 is 31.8 Å². The molecule has 0 aliphatic rings. The number of aromatic nitrogens is 2. The average molecular weight is 416 g/mol. The highest BCUT2D eigenvalue weighted by Crippen LogP contribution is 2.28. The summed E-state index contributed by atoms with van der Waals surface area (Å²) in [5.41, 5.74) is 5.16. The van der Waals surface area contributed by atoms with E-state index in [1.54, 1.807) is 26.0 Å². The number of nitrogens with one attached hydrogen (secondary N) is 1. The number of carbonyl (C=O) groups is 2. The van der Waals surface area contributed by atoms with Gasteiger partial charge >= 0.3 is 11.7 Å². The summed E-state index contributed by atoms with van der Waals surface area (Å²) in [4.78, 5) is 48.2. The molecule has 30 heavy (non-hydrogen) atoms. The van der Waals surface area contributed by atoms with Gasteiger partial charge in [-0.15, -0.1) is 0 Å². The lowest BCUT2D eigenvalue weighted by atomic mass is 10.2. The van der Waals surface area contributed by atoms with Gasteiger partial charge in [0.25, 0.3) is 5.56 Å².